The van der Waals surface area contributed by atoms with E-state index in [1.165, 1.54) is 12.1 Å². The lowest BCUT2D eigenvalue weighted by molar-refractivity contribution is 0.622. The van der Waals surface area contributed by atoms with Crippen LogP contribution in [0.2, 0.25) is 0 Å². The SMILES string of the molecule is C=C(C(=C)c1ccccc1F)c1ccccc1F. The van der Waals surface area contributed by atoms with Gasteiger partial charge in [-0.15, -0.1) is 0 Å². The van der Waals surface area contributed by atoms with Gasteiger partial charge in [0.15, 0.2) is 0 Å². The molecule has 18 heavy (non-hydrogen) atoms. The van der Waals surface area contributed by atoms with Crippen LogP contribution in [0.15, 0.2) is 61.7 Å². The summed E-state index contributed by atoms with van der Waals surface area (Å²) in [5.41, 5.74) is 1.45. The molecule has 0 aliphatic carbocycles. The van der Waals surface area contributed by atoms with Crippen LogP contribution in [0.1, 0.15) is 11.1 Å². The van der Waals surface area contributed by atoms with Crippen LogP contribution in [0, 0.1) is 11.6 Å². The van der Waals surface area contributed by atoms with E-state index in [4.69, 9.17) is 0 Å². The van der Waals surface area contributed by atoms with Crippen molar-refractivity contribution in [2.45, 2.75) is 0 Å². The maximum Gasteiger partial charge on any atom is 0.131 e. The summed E-state index contributed by atoms with van der Waals surface area (Å²) in [6, 6.07) is 12.5. The van der Waals surface area contributed by atoms with Crippen molar-refractivity contribution >= 4 is 11.1 Å². The van der Waals surface area contributed by atoms with Crippen molar-refractivity contribution in [3.8, 4) is 0 Å². The molecule has 0 aliphatic rings. The van der Waals surface area contributed by atoms with E-state index in [2.05, 4.69) is 13.2 Å². The summed E-state index contributed by atoms with van der Waals surface area (Å²) in [5, 5.41) is 0. The number of allylic oxidation sites excluding steroid dienone is 2. The Morgan fingerprint density at radius 2 is 1.00 bits per heavy atom. The van der Waals surface area contributed by atoms with Gasteiger partial charge in [-0.2, -0.15) is 0 Å². The van der Waals surface area contributed by atoms with Gasteiger partial charge < -0.3 is 0 Å². The molecule has 0 nitrogen and oxygen atoms in total. The lowest BCUT2D eigenvalue weighted by Crippen LogP contribution is -1.94. The third-order valence-corrected chi connectivity index (χ3v) is 2.76. The van der Waals surface area contributed by atoms with Gasteiger partial charge in [0, 0.05) is 11.1 Å². The Balaban J connectivity index is 2.39. The summed E-state index contributed by atoms with van der Waals surface area (Å²) in [4.78, 5) is 0. The van der Waals surface area contributed by atoms with Crippen LogP contribution in [0.4, 0.5) is 8.78 Å². The molecular weight excluding hydrogens is 230 g/mol. The first kappa shape index (κ1) is 12.2. The molecule has 0 saturated heterocycles. The van der Waals surface area contributed by atoms with Crippen LogP contribution < -0.4 is 0 Å². The minimum absolute atomic E-state index is 0.339. The fourth-order valence-corrected chi connectivity index (χ4v) is 1.74. The van der Waals surface area contributed by atoms with Gasteiger partial charge in [-0.25, -0.2) is 8.78 Å². The molecule has 2 rings (SSSR count). The molecule has 0 radical (unpaired) electrons. The van der Waals surface area contributed by atoms with Crippen LogP contribution in [-0.4, -0.2) is 0 Å². The predicted molar refractivity (Wildman–Crippen MR) is 70.9 cm³/mol. The minimum Gasteiger partial charge on any atom is -0.206 e. The van der Waals surface area contributed by atoms with Gasteiger partial charge in [0.25, 0.3) is 0 Å². The van der Waals surface area contributed by atoms with Gasteiger partial charge in [-0.05, 0) is 23.3 Å². The molecule has 0 N–H and O–H groups in total. The van der Waals surface area contributed by atoms with Crippen LogP contribution >= 0.6 is 0 Å². The quantitative estimate of drug-likeness (QED) is 0.685. The fraction of sp³-hybridized carbons (Fsp3) is 0. The highest BCUT2D eigenvalue weighted by Crippen LogP contribution is 2.30. The first-order valence-corrected chi connectivity index (χ1v) is 5.49. The van der Waals surface area contributed by atoms with Crippen molar-refractivity contribution in [1.82, 2.24) is 0 Å². The van der Waals surface area contributed by atoms with Crippen LogP contribution in [0.25, 0.3) is 11.1 Å². The standard InChI is InChI=1S/C16H12F2/c1-11(13-7-3-5-9-15(13)17)12(2)14-8-4-6-10-16(14)18/h3-10H,1-2H2. The van der Waals surface area contributed by atoms with E-state index >= 15 is 0 Å². The molecule has 0 aliphatic heterocycles. The Hall–Kier alpha value is -2.22. The summed E-state index contributed by atoms with van der Waals surface area (Å²) in [6.45, 7) is 7.59. The highest BCUT2D eigenvalue weighted by atomic mass is 19.1. The fourth-order valence-electron chi connectivity index (χ4n) is 1.74. The maximum atomic E-state index is 13.6. The first-order valence-electron chi connectivity index (χ1n) is 5.49. The lowest BCUT2D eigenvalue weighted by Gasteiger charge is -2.11. The van der Waals surface area contributed by atoms with Crippen molar-refractivity contribution < 1.29 is 8.78 Å². The molecule has 0 fully saturated rings. The van der Waals surface area contributed by atoms with Crippen molar-refractivity contribution in [1.29, 1.82) is 0 Å². The summed E-state index contributed by atoms with van der Waals surface area (Å²) in [6.07, 6.45) is 0. The van der Waals surface area contributed by atoms with Gasteiger partial charge in [0.1, 0.15) is 11.6 Å². The Bertz CT molecular complexity index is 556. The Morgan fingerprint density at radius 1 is 0.667 bits per heavy atom. The monoisotopic (exact) mass is 242 g/mol. The number of benzene rings is 2. The zero-order chi connectivity index (χ0) is 13.1. The van der Waals surface area contributed by atoms with E-state index < -0.39 is 0 Å². The molecular formula is C16H12F2. The Kier molecular flexibility index (Phi) is 3.38. The van der Waals surface area contributed by atoms with E-state index in [9.17, 15) is 8.78 Å². The molecule has 2 aromatic rings. The molecule has 2 aromatic carbocycles. The smallest absolute Gasteiger partial charge is 0.131 e. The highest BCUT2D eigenvalue weighted by Gasteiger charge is 2.12. The van der Waals surface area contributed by atoms with E-state index in [1.807, 2.05) is 0 Å². The van der Waals surface area contributed by atoms with Gasteiger partial charge in [0.2, 0.25) is 0 Å². The summed E-state index contributed by atoms with van der Waals surface area (Å²) in [5.74, 6) is -0.778. The summed E-state index contributed by atoms with van der Waals surface area (Å²) >= 11 is 0. The van der Waals surface area contributed by atoms with E-state index in [-0.39, 0.29) is 11.6 Å². The summed E-state index contributed by atoms with van der Waals surface area (Å²) in [7, 11) is 0. The molecule has 0 atom stereocenters. The molecule has 0 saturated carbocycles. The average Bonchev–Trinajstić information content (AvgIpc) is 2.38. The van der Waals surface area contributed by atoms with Crippen LogP contribution in [0.3, 0.4) is 0 Å². The number of hydrogen-bond acceptors (Lipinski definition) is 0. The second-order valence-corrected chi connectivity index (χ2v) is 3.92. The van der Waals surface area contributed by atoms with E-state index in [1.54, 1.807) is 36.4 Å². The van der Waals surface area contributed by atoms with E-state index in [0.29, 0.717) is 22.3 Å². The lowest BCUT2D eigenvalue weighted by atomic mass is 9.94. The van der Waals surface area contributed by atoms with Crippen molar-refractivity contribution in [3.63, 3.8) is 0 Å². The Morgan fingerprint density at radius 3 is 1.33 bits per heavy atom. The average molecular weight is 242 g/mol. The van der Waals surface area contributed by atoms with Gasteiger partial charge in [-0.3, -0.25) is 0 Å². The van der Waals surface area contributed by atoms with Crippen molar-refractivity contribution in [3.05, 3.63) is 84.5 Å². The van der Waals surface area contributed by atoms with Gasteiger partial charge in [0.05, 0.1) is 0 Å². The highest BCUT2D eigenvalue weighted by molar-refractivity contribution is 6.03. The van der Waals surface area contributed by atoms with Gasteiger partial charge in [-0.1, -0.05) is 49.6 Å². The largest absolute Gasteiger partial charge is 0.206 e. The summed E-state index contributed by atoms with van der Waals surface area (Å²) < 4.78 is 27.2. The molecule has 0 spiro atoms. The van der Waals surface area contributed by atoms with Crippen molar-refractivity contribution in [2.24, 2.45) is 0 Å². The number of rotatable bonds is 3. The zero-order valence-electron chi connectivity index (χ0n) is 9.79. The molecule has 2 heteroatoms. The van der Waals surface area contributed by atoms with Crippen LogP contribution in [-0.2, 0) is 0 Å². The second kappa shape index (κ2) is 4.96. The number of hydrogen-bond donors (Lipinski definition) is 0. The second-order valence-electron chi connectivity index (χ2n) is 3.92. The first-order chi connectivity index (χ1) is 8.61. The molecule has 0 heterocycles. The van der Waals surface area contributed by atoms with Crippen molar-refractivity contribution in [2.75, 3.05) is 0 Å². The molecule has 0 bridgehead atoms. The maximum absolute atomic E-state index is 13.6. The number of halogens is 2. The third kappa shape index (κ3) is 2.23. The minimum atomic E-state index is -0.389. The topological polar surface area (TPSA) is 0 Å². The molecule has 0 amide bonds. The molecule has 0 unspecified atom stereocenters. The predicted octanol–water partition coefficient (Wildman–Crippen LogP) is 4.69. The molecule has 0 aromatic heterocycles. The normalized spacial score (nSPS) is 10.1. The van der Waals surface area contributed by atoms with Crippen LogP contribution in [0.5, 0.6) is 0 Å². The zero-order valence-corrected chi connectivity index (χ0v) is 9.79. The Labute approximate surface area is 105 Å². The molecule has 90 valence electrons. The van der Waals surface area contributed by atoms with Gasteiger partial charge >= 0.3 is 0 Å². The van der Waals surface area contributed by atoms with E-state index in [0.717, 1.165) is 0 Å². The third-order valence-electron chi connectivity index (χ3n) is 2.76.